The van der Waals surface area contributed by atoms with Crippen LogP contribution < -0.4 is 5.73 Å². The molecule has 0 spiro atoms. The Bertz CT molecular complexity index is 425. The van der Waals surface area contributed by atoms with Gasteiger partial charge >= 0.3 is 0 Å². The lowest BCUT2D eigenvalue weighted by molar-refractivity contribution is 1.08. The molecule has 0 radical (unpaired) electrons. The van der Waals surface area contributed by atoms with E-state index in [4.69, 9.17) is 5.73 Å². The molecule has 14 heavy (non-hydrogen) atoms. The van der Waals surface area contributed by atoms with Crippen molar-refractivity contribution in [2.24, 2.45) is 5.73 Å². The molecule has 2 nitrogen and oxygen atoms in total. The van der Waals surface area contributed by atoms with Crippen molar-refractivity contribution in [1.82, 2.24) is 4.98 Å². The summed E-state index contributed by atoms with van der Waals surface area (Å²) in [5.41, 5.74) is 6.72. The minimum atomic E-state index is 0.533. The summed E-state index contributed by atoms with van der Waals surface area (Å²) < 4.78 is 0.865. The summed E-state index contributed by atoms with van der Waals surface area (Å²) in [6.07, 6.45) is 0. The van der Waals surface area contributed by atoms with E-state index in [0.717, 1.165) is 20.1 Å². The highest BCUT2D eigenvalue weighted by atomic mass is 79.9. The molecule has 0 bridgehead atoms. The van der Waals surface area contributed by atoms with Crippen LogP contribution in [0.4, 0.5) is 0 Å². The number of hydrogen-bond acceptors (Lipinski definition) is 3. The van der Waals surface area contributed by atoms with Gasteiger partial charge in [-0.1, -0.05) is 30.3 Å². The third-order valence-electron chi connectivity index (χ3n) is 1.86. The molecule has 0 aliphatic carbocycles. The van der Waals surface area contributed by atoms with Gasteiger partial charge in [0.1, 0.15) is 9.61 Å². The molecular weight excluding hydrogens is 260 g/mol. The zero-order chi connectivity index (χ0) is 9.97. The van der Waals surface area contributed by atoms with Crippen molar-refractivity contribution < 1.29 is 0 Å². The van der Waals surface area contributed by atoms with Crippen molar-refractivity contribution in [3.05, 3.63) is 39.8 Å². The van der Waals surface area contributed by atoms with Crippen LogP contribution in [0.15, 0.2) is 34.9 Å². The molecule has 0 aliphatic heterocycles. The molecule has 0 amide bonds. The molecule has 0 saturated heterocycles. The average molecular weight is 269 g/mol. The van der Waals surface area contributed by atoms with Crippen LogP contribution in [0.25, 0.3) is 10.6 Å². The Morgan fingerprint density at radius 3 is 2.57 bits per heavy atom. The van der Waals surface area contributed by atoms with Gasteiger partial charge in [-0.15, -0.1) is 11.3 Å². The quantitative estimate of drug-likeness (QED) is 0.910. The molecule has 4 heteroatoms. The molecule has 0 unspecified atom stereocenters. The molecule has 1 aromatic carbocycles. The first kappa shape index (κ1) is 9.83. The number of benzene rings is 1. The number of hydrogen-bond donors (Lipinski definition) is 1. The van der Waals surface area contributed by atoms with Gasteiger partial charge in [0.2, 0.25) is 0 Å². The number of halogens is 1. The lowest BCUT2D eigenvalue weighted by Gasteiger charge is -1.92. The van der Waals surface area contributed by atoms with Gasteiger partial charge in [-0.3, -0.25) is 0 Å². The smallest absolute Gasteiger partial charge is 0.124 e. The zero-order valence-electron chi connectivity index (χ0n) is 7.40. The van der Waals surface area contributed by atoms with E-state index >= 15 is 0 Å². The molecule has 0 saturated carbocycles. The van der Waals surface area contributed by atoms with Crippen LogP contribution >= 0.6 is 27.3 Å². The van der Waals surface area contributed by atoms with Gasteiger partial charge in [0.15, 0.2) is 0 Å². The number of aromatic nitrogens is 1. The van der Waals surface area contributed by atoms with E-state index in [1.54, 1.807) is 11.3 Å². The summed E-state index contributed by atoms with van der Waals surface area (Å²) in [4.78, 5) is 5.49. The lowest BCUT2D eigenvalue weighted by atomic mass is 10.2. The fraction of sp³-hybridized carbons (Fsp3) is 0.100. The van der Waals surface area contributed by atoms with Gasteiger partial charge in [0.05, 0.1) is 4.88 Å². The molecule has 72 valence electrons. The summed E-state index contributed by atoms with van der Waals surface area (Å²) in [5, 5.41) is 1.01. The van der Waals surface area contributed by atoms with Gasteiger partial charge in [-0.25, -0.2) is 4.98 Å². The maximum absolute atomic E-state index is 5.58. The Morgan fingerprint density at radius 1 is 1.29 bits per heavy atom. The Morgan fingerprint density at radius 2 is 2.00 bits per heavy atom. The normalized spacial score (nSPS) is 10.4. The van der Waals surface area contributed by atoms with Crippen molar-refractivity contribution in [3.8, 4) is 10.6 Å². The van der Waals surface area contributed by atoms with Gasteiger partial charge in [-0.2, -0.15) is 0 Å². The molecule has 1 aromatic heterocycles. The molecule has 2 rings (SSSR count). The third-order valence-corrected chi connectivity index (χ3v) is 3.90. The molecule has 0 atom stereocenters. The van der Waals surface area contributed by atoms with Crippen LogP contribution in [0, 0.1) is 0 Å². The van der Waals surface area contributed by atoms with Gasteiger partial charge in [0.25, 0.3) is 0 Å². The molecule has 1 heterocycles. The maximum atomic E-state index is 5.58. The minimum Gasteiger partial charge on any atom is -0.326 e. The van der Waals surface area contributed by atoms with Crippen LogP contribution in [0.5, 0.6) is 0 Å². The standard InChI is InChI=1S/C10H9BrN2S/c11-9-8(6-12)14-10(13-9)7-4-2-1-3-5-7/h1-5H,6,12H2. The Labute approximate surface area is 94.9 Å². The predicted molar refractivity (Wildman–Crippen MR) is 63.1 cm³/mol. The first-order chi connectivity index (χ1) is 6.81. The first-order valence-electron chi connectivity index (χ1n) is 4.22. The highest BCUT2D eigenvalue weighted by molar-refractivity contribution is 9.10. The second kappa shape index (κ2) is 4.21. The van der Waals surface area contributed by atoms with Crippen LogP contribution in [0.3, 0.4) is 0 Å². The van der Waals surface area contributed by atoms with E-state index in [-0.39, 0.29) is 0 Å². The van der Waals surface area contributed by atoms with Crippen molar-refractivity contribution in [1.29, 1.82) is 0 Å². The van der Waals surface area contributed by atoms with E-state index in [1.165, 1.54) is 0 Å². The van der Waals surface area contributed by atoms with Crippen LogP contribution in [0.1, 0.15) is 4.88 Å². The molecule has 0 aliphatic rings. The summed E-state index contributed by atoms with van der Waals surface area (Å²) in [6, 6.07) is 10.1. The number of rotatable bonds is 2. The number of nitrogens with zero attached hydrogens (tertiary/aromatic N) is 1. The summed E-state index contributed by atoms with van der Waals surface area (Å²) >= 11 is 5.02. The molecular formula is C10H9BrN2S. The van der Waals surface area contributed by atoms with E-state index in [1.807, 2.05) is 30.3 Å². The van der Waals surface area contributed by atoms with E-state index < -0.39 is 0 Å². The van der Waals surface area contributed by atoms with Crippen molar-refractivity contribution in [3.63, 3.8) is 0 Å². The van der Waals surface area contributed by atoms with Gasteiger partial charge in [-0.05, 0) is 15.9 Å². The summed E-state index contributed by atoms with van der Waals surface area (Å²) in [5.74, 6) is 0. The van der Waals surface area contributed by atoms with Crippen molar-refractivity contribution in [2.75, 3.05) is 0 Å². The zero-order valence-corrected chi connectivity index (χ0v) is 9.81. The monoisotopic (exact) mass is 268 g/mol. The third kappa shape index (κ3) is 1.87. The van der Waals surface area contributed by atoms with E-state index in [2.05, 4.69) is 20.9 Å². The van der Waals surface area contributed by atoms with Crippen LogP contribution in [-0.4, -0.2) is 4.98 Å². The fourth-order valence-electron chi connectivity index (χ4n) is 1.16. The molecule has 2 N–H and O–H groups in total. The Kier molecular flexibility index (Phi) is 2.96. The molecule has 0 fully saturated rings. The summed E-state index contributed by atoms with van der Waals surface area (Å²) in [6.45, 7) is 0.533. The van der Waals surface area contributed by atoms with E-state index in [9.17, 15) is 0 Å². The average Bonchev–Trinajstić information content (AvgIpc) is 2.61. The van der Waals surface area contributed by atoms with Crippen LogP contribution in [0.2, 0.25) is 0 Å². The second-order valence-electron chi connectivity index (χ2n) is 2.80. The van der Waals surface area contributed by atoms with Crippen LogP contribution in [-0.2, 0) is 6.54 Å². The maximum Gasteiger partial charge on any atom is 0.124 e. The van der Waals surface area contributed by atoms with Gasteiger partial charge < -0.3 is 5.73 Å². The second-order valence-corrected chi connectivity index (χ2v) is 4.64. The predicted octanol–water partition coefficient (Wildman–Crippen LogP) is 3.03. The van der Waals surface area contributed by atoms with Crippen molar-refractivity contribution in [2.45, 2.75) is 6.54 Å². The Hall–Kier alpha value is -0.710. The largest absolute Gasteiger partial charge is 0.326 e. The fourth-order valence-corrected chi connectivity index (χ4v) is 2.70. The van der Waals surface area contributed by atoms with E-state index in [0.29, 0.717) is 6.54 Å². The number of thiazole rings is 1. The van der Waals surface area contributed by atoms with Gasteiger partial charge in [0, 0.05) is 12.1 Å². The lowest BCUT2D eigenvalue weighted by Crippen LogP contribution is -1.92. The highest BCUT2D eigenvalue weighted by Gasteiger charge is 2.08. The number of nitrogens with two attached hydrogens (primary N) is 1. The van der Waals surface area contributed by atoms with Crippen molar-refractivity contribution >= 4 is 27.3 Å². The Balaban J connectivity index is 2.43. The molecule has 2 aromatic rings. The highest BCUT2D eigenvalue weighted by Crippen LogP contribution is 2.30. The summed E-state index contributed by atoms with van der Waals surface area (Å²) in [7, 11) is 0. The first-order valence-corrected chi connectivity index (χ1v) is 5.83. The SMILES string of the molecule is NCc1sc(-c2ccccc2)nc1Br. The minimum absolute atomic E-state index is 0.533. The topological polar surface area (TPSA) is 38.9 Å².